The van der Waals surface area contributed by atoms with Crippen molar-refractivity contribution in [3.63, 3.8) is 0 Å². The molecule has 8 atom stereocenters. The molecule has 0 spiro atoms. The van der Waals surface area contributed by atoms with Gasteiger partial charge in [-0.05, 0) is 47.3 Å². The highest BCUT2D eigenvalue weighted by atomic mass is 14.7. The Morgan fingerprint density at radius 1 is 0.417 bits per heavy atom. The summed E-state index contributed by atoms with van der Waals surface area (Å²) in [5.41, 5.74) is 0. The molecule has 0 amide bonds. The van der Waals surface area contributed by atoms with Crippen LogP contribution in [-0.2, 0) is 0 Å². The smallest absolute Gasteiger partial charge is 0.0318 e. The quantitative estimate of drug-likeness (QED) is 0.516. The lowest BCUT2D eigenvalue weighted by molar-refractivity contribution is -0.294. The number of fused-ring (bicyclic) bond motifs is 4. The van der Waals surface area contributed by atoms with Crippen molar-refractivity contribution in [1.29, 1.82) is 0 Å². The lowest BCUT2D eigenvalue weighted by Crippen LogP contribution is -2.72. The van der Waals surface area contributed by atoms with E-state index in [1.807, 2.05) is 0 Å². The molecule has 3 aliphatic carbocycles. The van der Waals surface area contributed by atoms with E-state index >= 15 is 0 Å². The normalized spacial score (nSPS) is 73.0. The molecule has 3 rings (SSSR count). The van der Waals surface area contributed by atoms with E-state index in [0.717, 1.165) is 47.3 Å². The highest BCUT2D eigenvalue weighted by Gasteiger charge is 2.70. The average molecular weight is 164 g/mol. The molecule has 0 heteroatoms. The third kappa shape index (κ3) is 0.506. The van der Waals surface area contributed by atoms with E-state index in [2.05, 4.69) is 27.7 Å². The lowest BCUT2D eigenvalue weighted by atomic mass is 9.28. The Hall–Kier alpha value is 0. The van der Waals surface area contributed by atoms with E-state index in [1.165, 1.54) is 0 Å². The fourth-order valence-electron chi connectivity index (χ4n) is 4.80. The van der Waals surface area contributed by atoms with Gasteiger partial charge in [0.2, 0.25) is 0 Å². The summed E-state index contributed by atoms with van der Waals surface area (Å²) >= 11 is 0. The van der Waals surface area contributed by atoms with Crippen LogP contribution in [0.25, 0.3) is 0 Å². The van der Waals surface area contributed by atoms with Gasteiger partial charge >= 0.3 is 0 Å². The number of hydrogen-bond donors (Lipinski definition) is 0. The van der Waals surface area contributed by atoms with Gasteiger partial charge in [-0.3, -0.25) is 0 Å². The molecule has 0 aromatic carbocycles. The maximum Gasteiger partial charge on any atom is -0.0318 e. The Morgan fingerprint density at radius 3 is 0.750 bits per heavy atom. The topological polar surface area (TPSA) is 0 Å². The molecule has 5 unspecified atom stereocenters. The third-order valence-corrected chi connectivity index (χ3v) is 5.86. The maximum absolute atomic E-state index is 2.47. The summed E-state index contributed by atoms with van der Waals surface area (Å²) in [5, 5.41) is 0. The van der Waals surface area contributed by atoms with Gasteiger partial charge in [-0.25, -0.2) is 0 Å². The van der Waals surface area contributed by atoms with Crippen LogP contribution in [0.5, 0.6) is 0 Å². The fourth-order valence-corrected chi connectivity index (χ4v) is 4.80. The van der Waals surface area contributed by atoms with Crippen molar-refractivity contribution >= 4 is 0 Å². The summed E-state index contributed by atoms with van der Waals surface area (Å²) in [5.74, 6) is 8.79. The summed E-state index contributed by atoms with van der Waals surface area (Å²) in [6.45, 7) is 9.88. The average Bonchev–Trinajstić information content (AvgIpc) is 2.03. The molecule has 3 aliphatic rings. The van der Waals surface area contributed by atoms with E-state index in [-0.39, 0.29) is 0 Å². The standard InChI is InChI=1S/C12H20/c1-5-6(2)10-9(5)11-7(3)8(4)12(10)11/h5-12H,1-4H3/t5-,6+,7+,8?,9?,10?,11?,12?/m1/s1. The van der Waals surface area contributed by atoms with Crippen molar-refractivity contribution in [2.75, 3.05) is 0 Å². The van der Waals surface area contributed by atoms with Crippen LogP contribution in [-0.4, -0.2) is 0 Å². The monoisotopic (exact) mass is 164 g/mol. The SMILES string of the molecule is CC1C2C(C3C2[C@@H](C)[C@H]3C)[C@H]1C. The minimum Gasteiger partial charge on any atom is -0.0620 e. The first-order valence-electron chi connectivity index (χ1n) is 5.64. The molecule has 0 heterocycles. The van der Waals surface area contributed by atoms with Crippen LogP contribution in [0.4, 0.5) is 0 Å². The maximum atomic E-state index is 2.47. The predicted molar refractivity (Wildman–Crippen MR) is 50.6 cm³/mol. The molecule has 0 bridgehead atoms. The lowest BCUT2D eigenvalue weighted by Gasteiger charge is -2.77. The first kappa shape index (κ1) is 7.41. The zero-order valence-electron chi connectivity index (χ0n) is 8.62. The summed E-state index contributed by atoms with van der Waals surface area (Å²) in [4.78, 5) is 0. The zero-order valence-corrected chi connectivity index (χ0v) is 8.62. The number of hydrogen-bond acceptors (Lipinski definition) is 0. The molecule has 0 aromatic rings. The van der Waals surface area contributed by atoms with Crippen molar-refractivity contribution < 1.29 is 0 Å². The highest BCUT2D eigenvalue weighted by molar-refractivity contribution is 5.17. The second-order valence-corrected chi connectivity index (χ2v) is 5.75. The van der Waals surface area contributed by atoms with Gasteiger partial charge in [0, 0.05) is 0 Å². The van der Waals surface area contributed by atoms with Crippen LogP contribution < -0.4 is 0 Å². The van der Waals surface area contributed by atoms with Crippen LogP contribution in [0.15, 0.2) is 0 Å². The van der Waals surface area contributed by atoms with Crippen LogP contribution >= 0.6 is 0 Å². The summed E-state index contributed by atoms with van der Waals surface area (Å²) in [7, 11) is 0. The molecular weight excluding hydrogens is 144 g/mol. The van der Waals surface area contributed by atoms with Gasteiger partial charge in [-0.2, -0.15) is 0 Å². The predicted octanol–water partition coefficient (Wildman–Crippen LogP) is 3.04. The first-order valence-corrected chi connectivity index (χ1v) is 5.64. The van der Waals surface area contributed by atoms with Crippen molar-refractivity contribution in [2.45, 2.75) is 27.7 Å². The summed E-state index contributed by atoms with van der Waals surface area (Å²) in [6.07, 6.45) is 0. The molecule has 68 valence electrons. The molecule has 0 saturated heterocycles. The largest absolute Gasteiger partial charge is 0.0620 e. The van der Waals surface area contributed by atoms with E-state index in [4.69, 9.17) is 0 Å². The first-order chi connectivity index (χ1) is 5.64. The molecule has 0 N–H and O–H groups in total. The van der Waals surface area contributed by atoms with Crippen molar-refractivity contribution in [3.05, 3.63) is 0 Å². The molecule has 0 radical (unpaired) electrons. The van der Waals surface area contributed by atoms with Crippen molar-refractivity contribution in [2.24, 2.45) is 47.3 Å². The van der Waals surface area contributed by atoms with Crippen LogP contribution in [0.1, 0.15) is 27.7 Å². The van der Waals surface area contributed by atoms with Crippen LogP contribution in [0.3, 0.4) is 0 Å². The van der Waals surface area contributed by atoms with Crippen LogP contribution in [0.2, 0.25) is 0 Å². The highest BCUT2D eigenvalue weighted by Crippen LogP contribution is 2.75. The Morgan fingerprint density at radius 2 is 0.583 bits per heavy atom. The van der Waals surface area contributed by atoms with E-state index in [9.17, 15) is 0 Å². The van der Waals surface area contributed by atoms with E-state index < -0.39 is 0 Å². The summed E-state index contributed by atoms with van der Waals surface area (Å²) < 4.78 is 0. The van der Waals surface area contributed by atoms with Crippen LogP contribution in [0, 0.1) is 47.3 Å². The Bertz CT molecular complexity index is 164. The van der Waals surface area contributed by atoms with Gasteiger partial charge in [-0.1, -0.05) is 27.7 Å². The molecule has 3 fully saturated rings. The Kier molecular flexibility index (Phi) is 1.18. The summed E-state index contributed by atoms with van der Waals surface area (Å²) in [6, 6.07) is 0. The molecule has 12 heavy (non-hydrogen) atoms. The minimum absolute atomic E-state index is 1.05. The minimum atomic E-state index is 1.05. The molecular formula is C12H20. The van der Waals surface area contributed by atoms with Gasteiger partial charge in [0.1, 0.15) is 0 Å². The Balaban J connectivity index is 1.80. The Labute approximate surface area is 75.7 Å². The van der Waals surface area contributed by atoms with E-state index in [0.29, 0.717) is 0 Å². The second kappa shape index (κ2) is 1.91. The zero-order chi connectivity index (χ0) is 8.62. The molecule has 0 aliphatic heterocycles. The number of rotatable bonds is 0. The molecule has 0 nitrogen and oxygen atoms in total. The van der Waals surface area contributed by atoms with Gasteiger partial charge in [0.05, 0.1) is 0 Å². The second-order valence-electron chi connectivity index (χ2n) is 5.75. The van der Waals surface area contributed by atoms with Gasteiger partial charge in [0.25, 0.3) is 0 Å². The fraction of sp³-hybridized carbons (Fsp3) is 1.00. The van der Waals surface area contributed by atoms with Gasteiger partial charge < -0.3 is 0 Å². The third-order valence-electron chi connectivity index (χ3n) is 5.86. The molecule has 3 saturated carbocycles. The van der Waals surface area contributed by atoms with Gasteiger partial charge in [-0.15, -0.1) is 0 Å². The van der Waals surface area contributed by atoms with Crippen molar-refractivity contribution in [1.82, 2.24) is 0 Å². The van der Waals surface area contributed by atoms with E-state index in [1.54, 1.807) is 0 Å². The van der Waals surface area contributed by atoms with Gasteiger partial charge in [0.15, 0.2) is 0 Å². The van der Waals surface area contributed by atoms with Crippen molar-refractivity contribution in [3.8, 4) is 0 Å². The molecule has 0 aromatic heterocycles.